The van der Waals surface area contributed by atoms with Gasteiger partial charge < -0.3 is 19.7 Å². The van der Waals surface area contributed by atoms with E-state index in [9.17, 15) is 10.1 Å². The smallest absolute Gasteiger partial charge is 0.410 e. The molecule has 7 heteroatoms. The number of benzene rings is 1. The van der Waals surface area contributed by atoms with Crippen LogP contribution in [0.5, 0.6) is 5.75 Å². The van der Waals surface area contributed by atoms with Crippen molar-refractivity contribution in [2.24, 2.45) is 0 Å². The SMILES string of the molecule is CC(C)c1cc(NC(C)(C)C#N)ccc1OCCN1CCN(C(=O)OC(C)(C)C)[C@H](C)C1. The maximum Gasteiger partial charge on any atom is 0.410 e. The van der Waals surface area contributed by atoms with E-state index in [2.05, 4.69) is 43.1 Å². The van der Waals surface area contributed by atoms with Crippen LogP contribution >= 0.6 is 0 Å². The van der Waals surface area contributed by atoms with Crippen LogP contribution in [0.2, 0.25) is 0 Å². The van der Waals surface area contributed by atoms with E-state index in [1.54, 1.807) is 0 Å². The molecule has 1 aliphatic heterocycles. The Labute approximate surface area is 193 Å². The minimum atomic E-state index is -0.630. The summed E-state index contributed by atoms with van der Waals surface area (Å²) >= 11 is 0. The lowest BCUT2D eigenvalue weighted by atomic mass is 10.00. The van der Waals surface area contributed by atoms with Gasteiger partial charge in [-0.1, -0.05) is 13.8 Å². The van der Waals surface area contributed by atoms with Crippen LogP contribution < -0.4 is 10.1 Å². The van der Waals surface area contributed by atoms with Crippen LogP contribution in [0.25, 0.3) is 0 Å². The Hall–Kier alpha value is -2.46. The summed E-state index contributed by atoms with van der Waals surface area (Å²) < 4.78 is 11.7. The van der Waals surface area contributed by atoms with Crippen molar-refractivity contribution in [3.8, 4) is 11.8 Å². The van der Waals surface area contributed by atoms with Crippen LogP contribution in [0.15, 0.2) is 18.2 Å². The van der Waals surface area contributed by atoms with Gasteiger partial charge in [-0.05, 0) is 71.2 Å². The van der Waals surface area contributed by atoms with Crippen molar-refractivity contribution in [3.63, 3.8) is 0 Å². The molecule has 1 heterocycles. The number of nitrogens with zero attached hydrogens (tertiary/aromatic N) is 3. The number of rotatable bonds is 7. The second-order valence-corrected chi connectivity index (χ2v) is 10.4. The largest absolute Gasteiger partial charge is 0.492 e. The first-order valence-corrected chi connectivity index (χ1v) is 11.5. The normalized spacial score (nSPS) is 17.8. The quantitative estimate of drug-likeness (QED) is 0.648. The summed E-state index contributed by atoms with van der Waals surface area (Å²) in [6, 6.07) is 8.37. The highest BCUT2D eigenvalue weighted by Crippen LogP contribution is 2.30. The van der Waals surface area contributed by atoms with Crippen molar-refractivity contribution in [1.29, 1.82) is 5.26 Å². The van der Waals surface area contributed by atoms with Crippen LogP contribution in [0.4, 0.5) is 10.5 Å². The third-order valence-electron chi connectivity index (χ3n) is 5.37. The minimum Gasteiger partial charge on any atom is -0.492 e. The monoisotopic (exact) mass is 444 g/mol. The highest BCUT2D eigenvalue weighted by atomic mass is 16.6. The molecule has 0 radical (unpaired) electrons. The first-order chi connectivity index (χ1) is 14.8. The van der Waals surface area contributed by atoms with Gasteiger partial charge in [0.15, 0.2) is 0 Å². The lowest BCUT2D eigenvalue weighted by molar-refractivity contribution is 0.000346. The second-order valence-electron chi connectivity index (χ2n) is 10.4. The van der Waals surface area contributed by atoms with Crippen molar-refractivity contribution in [1.82, 2.24) is 9.80 Å². The Morgan fingerprint density at radius 3 is 2.50 bits per heavy atom. The Bertz CT molecular complexity index is 823. The van der Waals surface area contributed by atoms with Gasteiger partial charge in [0.2, 0.25) is 0 Å². The lowest BCUT2D eigenvalue weighted by Gasteiger charge is -2.40. The molecule has 1 aliphatic rings. The molecule has 1 atom stereocenters. The molecule has 1 N–H and O–H groups in total. The molecule has 1 fully saturated rings. The van der Waals surface area contributed by atoms with Gasteiger partial charge in [-0.3, -0.25) is 4.90 Å². The third-order valence-corrected chi connectivity index (χ3v) is 5.37. The van der Waals surface area contributed by atoms with Crippen molar-refractivity contribution in [2.45, 2.75) is 78.5 Å². The lowest BCUT2D eigenvalue weighted by Crippen LogP contribution is -2.55. The number of hydrogen-bond donors (Lipinski definition) is 1. The molecular formula is C25H40N4O3. The van der Waals surface area contributed by atoms with Crippen LogP contribution in [0, 0.1) is 11.3 Å². The number of amides is 1. The summed E-state index contributed by atoms with van der Waals surface area (Å²) in [6.45, 7) is 19.3. The van der Waals surface area contributed by atoms with E-state index < -0.39 is 11.1 Å². The molecule has 7 nitrogen and oxygen atoms in total. The molecule has 0 bridgehead atoms. The summed E-state index contributed by atoms with van der Waals surface area (Å²) in [5.41, 5.74) is 0.923. The van der Waals surface area contributed by atoms with Crippen molar-refractivity contribution in [2.75, 3.05) is 38.1 Å². The highest BCUT2D eigenvalue weighted by molar-refractivity contribution is 5.68. The zero-order valence-electron chi connectivity index (χ0n) is 21.0. The van der Waals surface area contributed by atoms with Gasteiger partial charge in [0.25, 0.3) is 0 Å². The van der Waals surface area contributed by atoms with E-state index in [0.717, 1.165) is 36.6 Å². The number of nitriles is 1. The molecule has 0 aliphatic carbocycles. The molecule has 0 unspecified atom stereocenters. The summed E-state index contributed by atoms with van der Waals surface area (Å²) in [6.07, 6.45) is -0.240. The molecule has 0 aromatic heterocycles. The standard InChI is InChI=1S/C25H40N4O3/c1-18(2)21-15-20(27-25(7,8)17-26)9-10-22(21)31-14-13-28-11-12-29(19(3)16-28)23(30)32-24(4,5)6/h9-10,15,18-19,27H,11-14,16H2,1-8H3/t19-/m1/s1. The molecule has 1 aromatic rings. The Morgan fingerprint density at radius 1 is 1.25 bits per heavy atom. The minimum absolute atomic E-state index is 0.0960. The van der Waals surface area contributed by atoms with E-state index in [0.29, 0.717) is 19.1 Å². The summed E-state index contributed by atoms with van der Waals surface area (Å²) in [7, 11) is 0. The number of hydrogen-bond acceptors (Lipinski definition) is 6. The Morgan fingerprint density at radius 2 is 1.94 bits per heavy atom. The molecule has 0 saturated carbocycles. The Kier molecular flexibility index (Phi) is 8.41. The first-order valence-electron chi connectivity index (χ1n) is 11.5. The number of piperazine rings is 1. The topological polar surface area (TPSA) is 77.8 Å². The average Bonchev–Trinajstić information content (AvgIpc) is 2.67. The number of carbonyl (C=O) groups excluding carboxylic acids is 1. The fraction of sp³-hybridized carbons (Fsp3) is 0.680. The number of anilines is 1. The summed E-state index contributed by atoms with van der Waals surface area (Å²) in [5.74, 6) is 1.18. The van der Waals surface area contributed by atoms with E-state index in [4.69, 9.17) is 9.47 Å². The van der Waals surface area contributed by atoms with E-state index in [1.165, 1.54) is 0 Å². The van der Waals surface area contributed by atoms with E-state index in [1.807, 2.05) is 51.7 Å². The van der Waals surface area contributed by atoms with Crippen molar-refractivity contribution in [3.05, 3.63) is 23.8 Å². The maximum absolute atomic E-state index is 12.4. The Balaban J connectivity index is 1.91. The summed E-state index contributed by atoms with van der Waals surface area (Å²) in [4.78, 5) is 16.5. The zero-order valence-corrected chi connectivity index (χ0v) is 21.0. The van der Waals surface area contributed by atoms with Crippen LogP contribution in [-0.2, 0) is 4.74 Å². The first kappa shape index (κ1) is 25.8. The third kappa shape index (κ3) is 7.59. The maximum atomic E-state index is 12.4. The molecule has 1 saturated heterocycles. The number of ether oxygens (including phenoxy) is 2. The second kappa shape index (κ2) is 10.4. The molecule has 1 aromatic carbocycles. The zero-order chi connectivity index (χ0) is 24.1. The molecular weight excluding hydrogens is 404 g/mol. The fourth-order valence-corrected chi connectivity index (χ4v) is 3.71. The predicted octanol–water partition coefficient (Wildman–Crippen LogP) is 4.84. The fourth-order valence-electron chi connectivity index (χ4n) is 3.71. The van der Waals surface area contributed by atoms with Gasteiger partial charge in [0.1, 0.15) is 23.5 Å². The molecule has 2 rings (SSSR count). The van der Waals surface area contributed by atoms with Crippen molar-refractivity contribution >= 4 is 11.8 Å². The van der Waals surface area contributed by atoms with Crippen molar-refractivity contribution < 1.29 is 14.3 Å². The molecule has 32 heavy (non-hydrogen) atoms. The van der Waals surface area contributed by atoms with Crippen LogP contribution in [0.1, 0.15) is 66.9 Å². The van der Waals surface area contributed by atoms with Gasteiger partial charge >= 0.3 is 6.09 Å². The van der Waals surface area contributed by atoms with Gasteiger partial charge in [0.05, 0.1) is 6.07 Å². The highest BCUT2D eigenvalue weighted by Gasteiger charge is 2.30. The number of carbonyl (C=O) groups is 1. The van der Waals surface area contributed by atoms with Gasteiger partial charge in [-0.15, -0.1) is 0 Å². The molecule has 178 valence electrons. The number of nitrogens with one attached hydrogen (secondary N) is 1. The van der Waals surface area contributed by atoms with Gasteiger partial charge in [0, 0.05) is 37.9 Å². The predicted molar refractivity (Wildman–Crippen MR) is 128 cm³/mol. The summed E-state index contributed by atoms with van der Waals surface area (Å²) in [5, 5.41) is 12.5. The molecule has 0 spiro atoms. The van der Waals surface area contributed by atoms with E-state index >= 15 is 0 Å². The van der Waals surface area contributed by atoms with Crippen LogP contribution in [0.3, 0.4) is 0 Å². The van der Waals surface area contributed by atoms with Gasteiger partial charge in [-0.25, -0.2) is 4.79 Å². The van der Waals surface area contributed by atoms with Crippen LogP contribution in [-0.4, -0.2) is 65.9 Å². The molecule has 1 amide bonds. The van der Waals surface area contributed by atoms with Gasteiger partial charge in [-0.2, -0.15) is 5.26 Å². The average molecular weight is 445 g/mol. The van der Waals surface area contributed by atoms with E-state index in [-0.39, 0.29) is 12.1 Å².